The molecule has 32 heavy (non-hydrogen) atoms. The third-order valence-electron chi connectivity index (χ3n) is 5.91. The minimum Gasteiger partial charge on any atom is -0.356 e. The summed E-state index contributed by atoms with van der Waals surface area (Å²) in [5, 5.41) is 0. The van der Waals surface area contributed by atoms with E-state index in [4.69, 9.17) is 0 Å². The second-order valence-corrected chi connectivity index (χ2v) is 8.62. The molecule has 0 unspecified atom stereocenters. The van der Waals surface area contributed by atoms with Crippen LogP contribution in [-0.2, 0) is 0 Å². The molecule has 2 aromatic rings. The smallest absolute Gasteiger partial charge is 0.261 e. The van der Waals surface area contributed by atoms with Crippen molar-refractivity contribution in [2.75, 3.05) is 30.5 Å². The molecule has 0 bridgehead atoms. The van der Waals surface area contributed by atoms with Gasteiger partial charge in [0.25, 0.3) is 11.8 Å². The number of benzene rings is 2. The Kier molecular flexibility index (Phi) is 7.77. The molecule has 170 valence electrons. The lowest BCUT2D eigenvalue weighted by Crippen LogP contribution is -2.37. The summed E-state index contributed by atoms with van der Waals surface area (Å²) in [6.07, 6.45) is 4.16. The highest BCUT2D eigenvalue weighted by Gasteiger charge is 2.35. The summed E-state index contributed by atoms with van der Waals surface area (Å²) in [6.45, 7) is 10.6. The van der Waals surface area contributed by atoms with Gasteiger partial charge in [-0.15, -0.1) is 0 Å². The molecular formula is C26H32BrN3O2. The minimum atomic E-state index is -0.192. The lowest BCUT2D eigenvalue weighted by atomic mass is 9.92. The summed E-state index contributed by atoms with van der Waals surface area (Å²) in [5.74, 6) is 2.29. The predicted molar refractivity (Wildman–Crippen MR) is 134 cm³/mol. The number of rotatable bonds is 6. The summed E-state index contributed by atoms with van der Waals surface area (Å²) in [4.78, 5) is 31.0. The van der Waals surface area contributed by atoms with Gasteiger partial charge in [0, 0.05) is 31.2 Å². The van der Waals surface area contributed by atoms with E-state index in [1.807, 2.05) is 5.83 Å². The van der Waals surface area contributed by atoms with E-state index in [0.29, 0.717) is 42.7 Å². The minimum absolute atomic E-state index is 0.192. The molecule has 0 saturated heterocycles. The molecule has 0 saturated carbocycles. The zero-order valence-electron chi connectivity index (χ0n) is 19.5. The highest BCUT2D eigenvalue weighted by Crippen LogP contribution is 2.36. The molecule has 6 heteroatoms. The predicted octanol–water partition coefficient (Wildman–Crippen LogP) is 5.79. The van der Waals surface area contributed by atoms with Crippen molar-refractivity contribution in [3.63, 3.8) is 0 Å². The Morgan fingerprint density at radius 1 is 0.781 bits per heavy atom. The number of fused-ring (bicyclic) bond motifs is 1. The van der Waals surface area contributed by atoms with Crippen LogP contribution in [0.15, 0.2) is 54.9 Å². The van der Waals surface area contributed by atoms with Crippen molar-refractivity contribution in [3.8, 4) is 0 Å². The Morgan fingerprint density at radius 2 is 1.31 bits per heavy atom. The molecule has 5 nitrogen and oxygen atoms in total. The maximum Gasteiger partial charge on any atom is 0.261 e. The molecule has 0 fully saturated rings. The molecule has 2 aliphatic rings. The van der Waals surface area contributed by atoms with Crippen LogP contribution in [0.2, 0.25) is 0 Å². The number of alkyl halides is 1. The van der Waals surface area contributed by atoms with Gasteiger partial charge in [-0.2, -0.15) is 0 Å². The number of halogens is 1. The fourth-order valence-corrected chi connectivity index (χ4v) is 4.27. The third kappa shape index (κ3) is 4.60. The van der Waals surface area contributed by atoms with Crippen molar-refractivity contribution in [3.05, 3.63) is 77.1 Å². The molecule has 0 atom stereocenters. The van der Waals surface area contributed by atoms with Gasteiger partial charge in [0.15, 0.2) is 0 Å². The average molecular weight is 498 g/mol. The van der Waals surface area contributed by atoms with E-state index in [9.17, 15) is 9.59 Å². The van der Waals surface area contributed by atoms with E-state index < -0.39 is 0 Å². The van der Waals surface area contributed by atoms with Crippen LogP contribution < -0.4 is 4.90 Å². The number of anilines is 1. The van der Waals surface area contributed by atoms with Crippen LogP contribution in [-0.4, -0.2) is 47.2 Å². The lowest BCUT2D eigenvalue weighted by molar-refractivity contribution is 0.0645. The first-order valence-corrected chi connectivity index (χ1v) is 12.6. The molecule has 4 rings (SSSR count). The molecule has 0 radical (unpaired) electrons. The van der Waals surface area contributed by atoms with Gasteiger partial charge in [-0.25, -0.2) is 0 Å². The first-order valence-electron chi connectivity index (χ1n) is 11.0. The Morgan fingerprint density at radius 3 is 1.81 bits per heavy atom. The summed E-state index contributed by atoms with van der Waals surface area (Å²) in [6, 6.07) is 13.6. The number of para-hydroxylation sites is 1. The second-order valence-electron chi connectivity index (χ2n) is 8.62. The first-order chi connectivity index (χ1) is 15.4. The third-order valence-corrected chi connectivity index (χ3v) is 5.91. The molecular weight excluding hydrogens is 466 g/mol. The summed E-state index contributed by atoms with van der Waals surface area (Å²) in [5.41, 5.74) is 4.98. The number of hydrogen-bond donors (Lipinski definition) is 0. The maximum atomic E-state index is 12.6. The number of carbonyl (C=O) groups excluding carboxylic acids is 2. The Hall–Kier alpha value is -2.60. The van der Waals surface area contributed by atoms with Crippen molar-refractivity contribution < 1.29 is 9.59 Å². The molecule has 2 aromatic carbocycles. The fraction of sp³-hybridized carbons (Fsp3) is 0.385. The lowest BCUT2D eigenvalue weighted by Gasteiger charge is -2.28. The number of amides is 2. The van der Waals surface area contributed by atoms with Gasteiger partial charge >= 0.3 is 0 Å². The van der Waals surface area contributed by atoms with Crippen molar-refractivity contribution in [1.29, 1.82) is 0 Å². The molecule has 0 N–H and O–H groups in total. The van der Waals surface area contributed by atoms with Crippen LogP contribution in [0.1, 0.15) is 71.4 Å². The Labute approximate surface area is 199 Å². The fourth-order valence-electron chi connectivity index (χ4n) is 4.27. The molecule has 0 spiro atoms. The van der Waals surface area contributed by atoms with Crippen molar-refractivity contribution in [2.24, 2.45) is 0 Å². The van der Waals surface area contributed by atoms with Crippen LogP contribution in [0.4, 0.5) is 5.69 Å². The highest BCUT2D eigenvalue weighted by atomic mass is 79.9. The summed E-state index contributed by atoms with van der Waals surface area (Å²) < 4.78 is 0. The van der Waals surface area contributed by atoms with E-state index in [1.54, 1.807) is 24.3 Å². The van der Waals surface area contributed by atoms with E-state index >= 15 is 0 Å². The molecule has 2 aliphatic heterocycles. The van der Waals surface area contributed by atoms with Crippen molar-refractivity contribution >= 4 is 33.4 Å². The van der Waals surface area contributed by atoms with E-state index in [1.165, 1.54) is 21.7 Å². The largest absolute Gasteiger partial charge is 0.356 e. The summed E-state index contributed by atoms with van der Waals surface area (Å²) >= 11 is 2.94. The van der Waals surface area contributed by atoms with Crippen molar-refractivity contribution in [2.45, 2.75) is 39.5 Å². The van der Waals surface area contributed by atoms with Gasteiger partial charge in [-0.1, -0.05) is 74.0 Å². The van der Waals surface area contributed by atoms with Crippen molar-refractivity contribution in [1.82, 2.24) is 9.80 Å². The van der Waals surface area contributed by atoms with Gasteiger partial charge in [0.05, 0.1) is 17.8 Å². The average Bonchev–Trinajstić information content (AvgIpc) is 3.36. The van der Waals surface area contributed by atoms with Gasteiger partial charge in [-0.05, 0) is 40.9 Å². The first kappa shape index (κ1) is 24.1. The zero-order chi connectivity index (χ0) is 23.4. The van der Waals surface area contributed by atoms with Gasteiger partial charge in [-0.3, -0.25) is 14.5 Å². The number of imide groups is 1. The van der Waals surface area contributed by atoms with Crippen LogP contribution in [0.5, 0.6) is 0 Å². The quantitative estimate of drug-likeness (QED) is 0.374. The molecule has 0 aliphatic carbocycles. The Bertz CT molecular complexity index is 955. The topological polar surface area (TPSA) is 43.9 Å². The summed E-state index contributed by atoms with van der Waals surface area (Å²) in [7, 11) is 0. The maximum absolute atomic E-state index is 12.6. The van der Waals surface area contributed by atoms with E-state index in [-0.39, 0.29) is 11.8 Å². The van der Waals surface area contributed by atoms with Gasteiger partial charge in [0.2, 0.25) is 0 Å². The van der Waals surface area contributed by atoms with Gasteiger partial charge < -0.3 is 9.80 Å². The van der Waals surface area contributed by atoms with Crippen LogP contribution >= 0.6 is 15.9 Å². The molecule has 2 heterocycles. The zero-order valence-corrected chi connectivity index (χ0v) is 21.1. The SMILES string of the molecule is CBr.CC(C)c1cccc(C(C)C)c1N1C=CN(CCN2C(=O)c3ccccc3C2=O)C1. The number of nitrogens with zero attached hydrogens (tertiary/aromatic N) is 3. The normalized spacial score (nSPS) is 15.1. The standard InChI is InChI=1S/C25H29N3O2.CH3Br/c1-17(2)19-10-7-11-20(18(3)4)23(19)27-14-12-26(16-27)13-15-28-24(29)21-8-5-6-9-22(21)25(28)30;1-2/h5-12,14,17-18H,13,15-16H2,1-4H3;1H3. The highest BCUT2D eigenvalue weighted by molar-refractivity contribution is 9.08. The Balaban J connectivity index is 0.00000141. The number of hydrogen-bond acceptors (Lipinski definition) is 4. The monoisotopic (exact) mass is 497 g/mol. The van der Waals surface area contributed by atoms with Gasteiger partial charge in [0.1, 0.15) is 0 Å². The molecule has 2 amide bonds. The van der Waals surface area contributed by atoms with E-state index in [0.717, 1.165) is 0 Å². The van der Waals surface area contributed by atoms with Crippen LogP contribution in [0.3, 0.4) is 0 Å². The number of carbonyl (C=O) groups is 2. The second kappa shape index (κ2) is 10.3. The van der Waals surface area contributed by atoms with Crippen LogP contribution in [0.25, 0.3) is 0 Å². The van der Waals surface area contributed by atoms with Crippen LogP contribution in [0, 0.1) is 0 Å². The van der Waals surface area contributed by atoms with E-state index in [2.05, 4.69) is 84.0 Å². The molecule has 0 aromatic heterocycles.